The number of nitrogens with zero attached hydrogens (tertiary/aromatic N) is 1. The summed E-state index contributed by atoms with van der Waals surface area (Å²) in [4.78, 5) is 11.0. The van der Waals surface area contributed by atoms with Gasteiger partial charge in [0.05, 0.1) is 5.92 Å². The zero-order valence-electron chi connectivity index (χ0n) is 11.4. The van der Waals surface area contributed by atoms with E-state index in [1.54, 1.807) is 18.2 Å². The van der Waals surface area contributed by atoms with E-state index in [4.69, 9.17) is 5.11 Å². The molecule has 21 heavy (non-hydrogen) atoms. The van der Waals surface area contributed by atoms with E-state index < -0.39 is 22.1 Å². The van der Waals surface area contributed by atoms with E-state index in [2.05, 4.69) is 4.72 Å². The van der Waals surface area contributed by atoms with Gasteiger partial charge in [-0.25, -0.2) is 0 Å². The van der Waals surface area contributed by atoms with Crippen molar-refractivity contribution in [3.8, 4) is 5.75 Å². The van der Waals surface area contributed by atoms with Crippen molar-refractivity contribution in [1.29, 1.82) is 0 Å². The Morgan fingerprint density at radius 2 is 2.10 bits per heavy atom. The van der Waals surface area contributed by atoms with E-state index in [9.17, 15) is 18.3 Å². The molecule has 1 aliphatic rings. The Kier molecular flexibility index (Phi) is 4.81. The minimum atomic E-state index is -3.76. The van der Waals surface area contributed by atoms with Gasteiger partial charge in [0.2, 0.25) is 0 Å². The molecule has 0 radical (unpaired) electrons. The number of nitrogens with one attached hydrogen (secondary N) is 1. The molecule has 0 aliphatic carbocycles. The van der Waals surface area contributed by atoms with Gasteiger partial charge in [0.25, 0.3) is 10.2 Å². The van der Waals surface area contributed by atoms with Gasteiger partial charge in [0.15, 0.2) is 0 Å². The third kappa shape index (κ3) is 3.93. The van der Waals surface area contributed by atoms with Crippen LogP contribution >= 0.6 is 0 Å². The summed E-state index contributed by atoms with van der Waals surface area (Å²) in [6.45, 7) is 0.245. The number of carbonyl (C=O) groups is 1. The molecule has 1 aliphatic heterocycles. The van der Waals surface area contributed by atoms with Crippen LogP contribution in [0.15, 0.2) is 24.3 Å². The fourth-order valence-electron chi connectivity index (χ4n) is 2.28. The lowest BCUT2D eigenvalue weighted by Gasteiger charge is -2.29. The van der Waals surface area contributed by atoms with Crippen LogP contribution in [0.25, 0.3) is 0 Å². The van der Waals surface area contributed by atoms with E-state index in [-0.39, 0.29) is 18.8 Å². The molecule has 1 aromatic carbocycles. The predicted octanol–water partition coefficient (Wildman–Crippen LogP) is 0.523. The molecule has 0 amide bonds. The van der Waals surface area contributed by atoms with Gasteiger partial charge in [-0.15, -0.1) is 0 Å². The van der Waals surface area contributed by atoms with Gasteiger partial charge >= 0.3 is 5.97 Å². The second kappa shape index (κ2) is 6.42. The van der Waals surface area contributed by atoms with Crippen molar-refractivity contribution in [3.05, 3.63) is 29.8 Å². The Balaban J connectivity index is 2.01. The van der Waals surface area contributed by atoms with Crippen LogP contribution in [0.4, 0.5) is 0 Å². The van der Waals surface area contributed by atoms with Crippen LogP contribution < -0.4 is 4.72 Å². The summed E-state index contributed by atoms with van der Waals surface area (Å²) in [5.74, 6) is -1.63. The van der Waals surface area contributed by atoms with Crippen molar-refractivity contribution in [1.82, 2.24) is 9.03 Å². The number of aliphatic carboxylic acids is 1. The van der Waals surface area contributed by atoms with E-state index >= 15 is 0 Å². The number of rotatable bonds is 5. The maximum atomic E-state index is 12.2. The molecule has 1 fully saturated rings. The van der Waals surface area contributed by atoms with Crippen LogP contribution in [-0.4, -0.2) is 42.0 Å². The highest BCUT2D eigenvalue weighted by Crippen LogP contribution is 2.20. The predicted molar refractivity (Wildman–Crippen MR) is 75.8 cm³/mol. The number of aromatic hydroxyl groups is 1. The smallest absolute Gasteiger partial charge is 0.307 e. The highest BCUT2D eigenvalue weighted by atomic mass is 32.2. The van der Waals surface area contributed by atoms with Crippen molar-refractivity contribution in [2.75, 3.05) is 13.1 Å². The highest BCUT2D eigenvalue weighted by Gasteiger charge is 2.32. The van der Waals surface area contributed by atoms with Gasteiger partial charge < -0.3 is 10.2 Å². The summed E-state index contributed by atoms with van der Waals surface area (Å²) in [5, 5.41) is 18.6. The van der Waals surface area contributed by atoms with Crippen molar-refractivity contribution in [2.24, 2.45) is 5.92 Å². The summed E-state index contributed by atoms with van der Waals surface area (Å²) in [5.41, 5.74) is 0.466. The number of para-hydroxylation sites is 1. The second-order valence-corrected chi connectivity index (χ2v) is 6.75. The molecular weight excluding hydrogens is 296 g/mol. The van der Waals surface area contributed by atoms with Crippen molar-refractivity contribution < 1.29 is 23.4 Å². The lowest BCUT2D eigenvalue weighted by molar-refractivity contribution is -0.142. The van der Waals surface area contributed by atoms with Crippen LogP contribution in [0, 0.1) is 5.92 Å². The molecule has 3 N–H and O–H groups in total. The first kappa shape index (κ1) is 15.7. The number of carboxylic acid groups (broad SMARTS) is 1. The Hall–Kier alpha value is -1.64. The highest BCUT2D eigenvalue weighted by molar-refractivity contribution is 7.87. The molecule has 116 valence electrons. The van der Waals surface area contributed by atoms with Crippen molar-refractivity contribution in [3.63, 3.8) is 0 Å². The molecule has 0 aromatic heterocycles. The Morgan fingerprint density at radius 3 is 2.76 bits per heavy atom. The van der Waals surface area contributed by atoms with Crippen molar-refractivity contribution >= 4 is 16.2 Å². The van der Waals surface area contributed by atoms with Crippen LogP contribution in [0.5, 0.6) is 5.75 Å². The molecule has 8 heteroatoms. The Bertz CT molecular complexity index is 617. The number of phenols is 1. The number of piperidine rings is 1. The summed E-state index contributed by atoms with van der Waals surface area (Å²) in [6.07, 6.45) is 1.01. The topological polar surface area (TPSA) is 107 Å². The van der Waals surface area contributed by atoms with Gasteiger partial charge in [-0.2, -0.15) is 17.4 Å². The monoisotopic (exact) mass is 314 g/mol. The Morgan fingerprint density at radius 1 is 1.38 bits per heavy atom. The fourth-order valence-corrected chi connectivity index (χ4v) is 3.55. The normalized spacial score (nSPS) is 20.3. The third-order valence-electron chi connectivity index (χ3n) is 3.51. The van der Waals surface area contributed by atoms with Crippen LogP contribution in [-0.2, 0) is 21.5 Å². The largest absolute Gasteiger partial charge is 0.508 e. The van der Waals surface area contributed by atoms with E-state index in [1.165, 1.54) is 6.07 Å². The van der Waals surface area contributed by atoms with E-state index in [0.29, 0.717) is 24.9 Å². The minimum Gasteiger partial charge on any atom is -0.508 e. The Labute approximate surface area is 123 Å². The van der Waals surface area contributed by atoms with Crippen LogP contribution in [0.2, 0.25) is 0 Å². The zero-order valence-corrected chi connectivity index (χ0v) is 12.2. The lowest BCUT2D eigenvalue weighted by Crippen LogP contribution is -2.47. The van der Waals surface area contributed by atoms with Crippen LogP contribution in [0.1, 0.15) is 18.4 Å². The third-order valence-corrected chi connectivity index (χ3v) is 5.03. The molecule has 1 unspecified atom stereocenters. The number of hydrogen-bond acceptors (Lipinski definition) is 4. The summed E-state index contributed by atoms with van der Waals surface area (Å²) >= 11 is 0. The quantitative estimate of drug-likeness (QED) is 0.734. The SMILES string of the molecule is O=C(O)C1CCCN(S(=O)(=O)NCc2ccccc2O)C1. The minimum absolute atomic E-state index is 0.0160. The average molecular weight is 314 g/mol. The molecule has 2 rings (SSSR count). The van der Waals surface area contributed by atoms with Gasteiger partial charge in [-0.05, 0) is 18.9 Å². The molecule has 0 bridgehead atoms. The second-order valence-electron chi connectivity index (χ2n) is 4.99. The van der Waals surface area contributed by atoms with Crippen molar-refractivity contribution in [2.45, 2.75) is 19.4 Å². The first-order chi connectivity index (χ1) is 9.90. The first-order valence-corrected chi connectivity index (χ1v) is 8.08. The molecule has 7 nitrogen and oxygen atoms in total. The van der Waals surface area contributed by atoms with Gasteiger partial charge in [-0.3, -0.25) is 4.79 Å². The van der Waals surface area contributed by atoms with Crippen LogP contribution in [0.3, 0.4) is 0 Å². The summed E-state index contributed by atoms with van der Waals surface area (Å²) in [6, 6.07) is 6.44. The first-order valence-electron chi connectivity index (χ1n) is 6.64. The van der Waals surface area contributed by atoms with Gasteiger partial charge in [0, 0.05) is 25.2 Å². The zero-order chi connectivity index (χ0) is 15.5. The molecule has 1 aromatic rings. The van der Waals surface area contributed by atoms with E-state index in [0.717, 1.165) is 4.31 Å². The maximum absolute atomic E-state index is 12.2. The summed E-state index contributed by atoms with van der Waals surface area (Å²) < 4.78 is 27.9. The molecule has 0 spiro atoms. The number of hydrogen-bond donors (Lipinski definition) is 3. The molecule has 1 heterocycles. The number of carboxylic acids is 1. The standard InChI is InChI=1S/C13H18N2O5S/c16-12-6-2-1-4-10(12)8-14-21(19,20)15-7-3-5-11(9-15)13(17)18/h1-2,4,6,11,14,16H,3,5,7-9H2,(H,17,18). The lowest BCUT2D eigenvalue weighted by atomic mass is 10.0. The number of phenolic OH excluding ortho intramolecular Hbond substituents is 1. The van der Waals surface area contributed by atoms with Gasteiger partial charge in [0.1, 0.15) is 5.75 Å². The average Bonchev–Trinajstić information content (AvgIpc) is 2.46. The fraction of sp³-hybridized carbons (Fsp3) is 0.462. The molecular formula is C13H18N2O5S. The van der Waals surface area contributed by atoms with E-state index in [1.807, 2.05) is 0 Å². The summed E-state index contributed by atoms with van der Waals surface area (Å²) in [7, 11) is -3.76. The molecule has 1 saturated heterocycles. The molecule has 1 atom stereocenters. The molecule has 0 saturated carbocycles. The maximum Gasteiger partial charge on any atom is 0.307 e. The number of benzene rings is 1. The van der Waals surface area contributed by atoms with Gasteiger partial charge in [-0.1, -0.05) is 18.2 Å².